The summed E-state index contributed by atoms with van der Waals surface area (Å²) in [6.07, 6.45) is 6.77. The van der Waals surface area contributed by atoms with Crippen LogP contribution in [0.25, 0.3) is 4.98 Å². The molecule has 0 aliphatic rings. The molecule has 94 valence electrons. The predicted octanol–water partition coefficient (Wildman–Crippen LogP) is 4.96. The van der Waals surface area contributed by atoms with Gasteiger partial charge < -0.3 is 5.11 Å². The van der Waals surface area contributed by atoms with Crippen LogP contribution in [0.2, 0.25) is 0 Å². The number of aliphatic hydroxyl groups is 1. The Labute approximate surface area is 104 Å². The number of diazo groups is 1. The molecule has 0 aromatic carbocycles. The minimum absolute atomic E-state index is 0.200. The Kier molecular flexibility index (Phi) is 7.79. The summed E-state index contributed by atoms with van der Waals surface area (Å²) < 4.78 is 0. The van der Waals surface area contributed by atoms with Gasteiger partial charge in [0.15, 0.2) is 10.7 Å². The number of hydrogen-bond donors (Lipinski definition) is 1. The zero-order valence-electron chi connectivity index (χ0n) is 11.1. The van der Waals surface area contributed by atoms with E-state index in [0.717, 1.165) is 18.4 Å². The lowest BCUT2D eigenvalue weighted by Gasteiger charge is -1.99. The summed E-state index contributed by atoms with van der Waals surface area (Å²) in [5.41, 5.74) is 1.55. The fraction of sp³-hybridized carbons (Fsp3) is 0.571. The maximum atomic E-state index is 9.77. The topological polar surface area (TPSA) is 48.4 Å². The first kappa shape index (κ1) is 15.4. The van der Waals surface area contributed by atoms with E-state index in [1.165, 1.54) is 0 Å². The number of unbranched alkanes of at least 4 members (excludes halogenated alkanes) is 1. The standard InChI is InChI=1S/C14H22N2O/c1-5-12(4)8-6-7-9-14(17)13(16-15)10-11(2)3/h5,8,11H,1,6-7,9-10H2,2-4H3/p+1/b12-8+,14-13-. The molecule has 17 heavy (non-hydrogen) atoms. The number of aliphatic hydroxyl groups excluding tert-OH is 1. The molecule has 0 heterocycles. The molecular weight excluding hydrogens is 212 g/mol. The molecule has 0 atom stereocenters. The maximum absolute atomic E-state index is 9.77. The van der Waals surface area contributed by atoms with Crippen LogP contribution in [0, 0.1) is 11.3 Å². The molecule has 3 heteroatoms. The van der Waals surface area contributed by atoms with E-state index in [1.54, 1.807) is 0 Å². The van der Waals surface area contributed by atoms with Gasteiger partial charge in [-0.1, -0.05) is 38.2 Å². The van der Waals surface area contributed by atoms with Crippen molar-refractivity contribution in [1.29, 1.82) is 5.39 Å². The lowest BCUT2D eigenvalue weighted by Crippen LogP contribution is -1.94. The molecule has 0 aliphatic heterocycles. The fourth-order valence-electron chi connectivity index (χ4n) is 1.43. The molecule has 0 aromatic heterocycles. The quantitative estimate of drug-likeness (QED) is 0.293. The predicted molar refractivity (Wildman–Crippen MR) is 72.0 cm³/mol. The van der Waals surface area contributed by atoms with E-state index in [2.05, 4.69) is 17.6 Å². The molecule has 0 rings (SSSR count). The van der Waals surface area contributed by atoms with Gasteiger partial charge in [-0.15, -0.1) is 0 Å². The van der Waals surface area contributed by atoms with Gasteiger partial charge in [0.05, 0.1) is 6.42 Å². The summed E-state index contributed by atoms with van der Waals surface area (Å²) in [5, 5.41) is 18.6. The van der Waals surface area contributed by atoms with Crippen molar-refractivity contribution in [2.45, 2.75) is 46.5 Å². The Morgan fingerprint density at radius 3 is 2.59 bits per heavy atom. The van der Waals surface area contributed by atoms with Gasteiger partial charge in [-0.05, 0) is 25.7 Å². The van der Waals surface area contributed by atoms with Gasteiger partial charge in [-0.2, -0.15) is 0 Å². The molecule has 0 spiro atoms. The van der Waals surface area contributed by atoms with E-state index in [9.17, 15) is 5.11 Å². The Balaban J connectivity index is 4.23. The Morgan fingerprint density at radius 2 is 2.12 bits per heavy atom. The minimum atomic E-state index is 0.200. The molecule has 0 radical (unpaired) electrons. The molecular formula is C14H23N2O+. The van der Waals surface area contributed by atoms with E-state index < -0.39 is 0 Å². The Hall–Kier alpha value is -1.56. The van der Waals surface area contributed by atoms with Crippen molar-refractivity contribution < 1.29 is 5.11 Å². The van der Waals surface area contributed by atoms with Gasteiger partial charge in [-0.3, -0.25) is 0 Å². The molecule has 1 N–H and O–H groups in total. The lowest BCUT2D eigenvalue weighted by molar-refractivity contribution is 0.373. The van der Waals surface area contributed by atoms with Crippen molar-refractivity contribution in [2.75, 3.05) is 0 Å². The molecule has 0 unspecified atom stereocenters. The summed E-state index contributed by atoms with van der Waals surface area (Å²) in [6.45, 7) is 9.71. The van der Waals surface area contributed by atoms with Crippen LogP contribution in [0.4, 0.5) is 0 Å². The number of hydrogen-bond acceptors (Lipinski definition) is 2. The molecule has 0 saturated heterocycles. The molecule has 0 aromatic rings. The average Bonchev–Trinajstić information content (AvgIpc) is 2.30. The van der Waals surface area contributed by atoms with E-state index in [0.29, 0.717) is 24.5 Å². The van der Waals surface area contributed by atoms with Gasteiger partial charge >= 0.3 is 5.70 Å². The van der Waals surface area contributed by atoms with Crippen LogP contribution in [-0.4, -0.2) is 5.11 Å². The third kappa shape index (κ3) is 7.35. The second-order valence-electron chi connectivity index (χ2n) is 4.64. The van der Waals surface area contributed by atoms with Gasteiger partial charge in [0.2, 0.25) is 5.39 Å². The van der Waals surface area contributed by atoms with E-state index in [-0.39, 0.29) is 5.76 Å². The largest absolute Gasteiger partial charge is 0.505 e. The molecule has 0 fully saturated rings. The summed E-state index contributed by atoms with van der Waals surface area (Å²) in [7, 11) is 0. The fourth-order valence-corrected chi connectivity index (χ4v) is 1.43. The van der Waals surface area contributed by atoms with Crippen molar-refractivity contribution in [3.05, 3.63) is 40.7 Å². The first-order valence-corrected chi connectivity index (χ1v) is 6.06. The molecule has 0 aliphatic carbocycles. The SMILES string of the molecule is C=C/C(C)=C/CCC/C(O)=C(\CC(C)C)[N+]#N. The Bertz CT molecular complexity index is 346. The molecule has 0 amide bonds. The van der Waals surface area contributed by atoms with Crippen LogP contribution in [0.15, 0.2) is 35.8 Å². The van der Waals surface area contributed by atoms with Crippen molar-refractivity contribution in [1.82, 2.24) is 0 Å². The van der Waals surface area contributed by atoms with Crippen LogP contribution in [0.3, 0.4) is 0 Å². The summed E-state index contributed by atoms with van der Waals surface area (Å²) >= 11 is 0. The molecule has 3 nitrogen and oxygen atoms in total. The highest BCUT2D eigenvalue weighted by Crippen LogP contribution is 2.19. The third-order valence-electron chi connectivity index (χ3n) is 2.46. The van der Waals surface area contributed by atoms with Gasteiger partial charge in [0.25, 0.3) is 0 Å². The lowest BCUT2D eigenvalue weighted by atomic mass is 10.1. The zero-order chi connectivity index (χ0) is 13.3. The van der Waals surface area contributed by atoms with Crippen molar-refractivity contribution in [3.8, 4) is 0 Å². The number of nitrogens with zero attached hydrogens (tertiary/aromatic N) is 2. The van der Waals surface area contributed by atoms with Gasteiger partial charge in [-0.25, -0.2) is 0 Å². The summed E-state index contributed by atoms with van der Waals surface area (Å²) in [5.74, 6) is 0.566. The highest BCUT2D eigenvalue weighted by Gasteiger charge is 2.19. The minimum Gasteiger partial charge on any atom is -0.505 e. The van der Waals surface area contributed by atoms with Crippen LogP contribution >= 0.6 is 0 Å². The third-order valence-corrected chi connectivity index (χ3v) is 2.46. The van der Waals surface area contributed by atoms with Crippen LogP contribution in [0.1, 0.15) is 46.5 Å². The van der Waals surface area contributed by atoms with E-state index in [4.69, 9.17) is 5.39 Å². The number of rotatable bonds is 7. The molecule has 0 bridgehead atoms. The smallest absolute Gasteiger partial charge is 0.398 e. The normalized spacial score (nSPS) is 13.2. The second kappa shape index (κ2) is 8.58. The monoisotopic (exact) mass is 235 g/mol. The highest BCUT2D eigenvalue weighted by molar-refractivity contribution is 5.15. The first-order chi connectivity index (χ1) is 8.01. The first-order valence-electron chi connectivity index (χ1n) is 6.06. The zero-order valence-corrected chi connectivity index (χ0v) is 11.1. The van der Waals surface area contributed by atoms with Gasteiger partial charge in [0, 0.05) is 6.42 Å². The highest BCUT2D eigenvalue weighted by atomic mass is 16.3. The molecule has 0 saturated carbocycles. The van der Waals surface area contributed by atoms with Crippen molar-refractivity contribution in [3.63, 3.8) is 0 Å². The number of allylic oxidation sites excluding steroid dienone is 5. The van der Waals surface area contributed by atoms with Crippen LogP contribution in [0.5, 0.6) is 0 Å². The van der Waals surface area contributed by atoms with E-state index in [1.807, 2.05) is 26.8 Å². The van der Waals surface area contributed by atoms with Crippen LogP contribution in [-0.2, 0) is 0 Å². The maximum Gasteiger partial charge on any atom is 0.398 e. The van der Waals surface area contributed by atoms with Crippen molar-refractivity contribution >= 4 is 0 Å². The van der Waals surface area contributed by atoms with Gasteiger partial charge in [0.1, 0.15) is 0 Å². The Morgan fingerprint density at radius 1 is 1.47 bits per heavy atom. The average molecular weight is 235 g/mol. The van der Waals surface area contributed by atoms with Crippen LogP contribution < -0.4 is 0 Å². The van der Waals surface area contributed by atoms with Crippen molar-refractivity contribution in [2.24, 2.45) is 5.92 Å². The summed E-state index contributed by atoms with van der Waals surface area (Å²) in [6, 6.07) is 0. The van der Waals surface area contributed by atoms with E-state index >= 15 is 0 Å². The summed E-state index contributed by atoms with van der Waals surface area (Å²) in [4.78, 5) is 3.16. The second-order valence-corrected chi connectivity index (χ2v) is 4.64.